The predicted octanol–water partition coefficient (Wildman–Crippen LogP) is 2.42. The Hall–Kier alpha value is -2.37. The van der Waals surface area contributed by atoms with Crippen LogP contribution < -0.4 is 15.8 Å². The van der Waals surface area contributed by atoms with E-state index in [-0.39, 0.29) is 17.6 Å². The quantitative estimate of drug-likeness (QED) is 0.869. The van der Waals surface area contributed by atoms with Gasteiger partial charge in [-0.25, -0.2) is 4.39 Å². The molecule has 6 heteroatoms. The molecular formula is C12H13FN4O. The van der Waals surface area contributed by atoms with E-state index in [9.17, 15) is 4.39 Å². The Kier molecular flexibility index (Phi) is 3.57. The lowest BCUT2D eigenvalue weighted by Gasteiger charge is -2.08. The van der Waals surface area contributed by atoms with Gasteiger partial charge in [0.2, 0.25) is 11.8 Å². The number of anilines is 2. The molecule has 0 saturated carbocycles. The molecule has 0 atom stereocenters. The topological polar surface area (TPSA) is 73.1 Å². The van der Waals surface area contributed by atoms with Crippen molar-refractivity contribution in [2.75, 3.05) is 17.6 Å². The number of nitrogens with two attached hydrogens (primary N) is 1. The van der Waals surface area contributed by atoms with E-state index in [1.54, 1.807) is 18.2 Å². The Morgan fingerprint density at radius 2 is 2.17 bits per heavy atom. The van der Waals surface area contributed by atoms with Crippen molar-refractivity contribution in [3.63, 3.8) is 0 Å². The smallest absolute Gasteiger partial charge is 0.226 e. The molecule has 0 aliphatic heterocycles. The van der Waals surface area contributed by atoms with Gasteiger partial charge in [0.25, 0.3) is 0 Å². The van der Waals surface area contributed by atoms with Crippen LogP contribution >= 0.6 is 0 Å². The third kappa shape index (κ3) is 3.07. The van der Waals surface area contributed by atoms with Crippen LogP contribution in [0.2, 0.25) is 0 Å². The highest BCUT2D eigenvalue weighted by atomic mass is 19.1. The minimum atomic E-state index is -0.374. The number of hydrogen-bond donors (Lipinski definition) is 2. The minimum Gasteiger partial charge on any atom is -0.439 e. The van der Waals surface area contributed by atoms with Crippen LogP contribution in [0.5, 0.6) is 11.6 Å². The molecule has 0 saturated heterocycles. The van der Waals surface area contributed by atoms with E-state index in [2.05, 4.69) is 15.3 Å². The van der Waals surface area contributed by atoms with Crippen LogP contribution in [0, 0.1) is 5.82 Å². The Balaban J connectivity index is 2.23. The second kappa shape index (κ2) is 5.31. The molecule has 3 N–H and O–H groups in total. The monoisotopic (exact) mass is 248 g/mol. The predicted molar refractivity (Wildman–Crippen MR) is 67.1 cm³/mol. The van der Waals surface area contributed by atoms with Crippen molar-refractivity contribution in [2.24, 2.45) is 0 Å². The molecule has 1 heterocycles. The fourth-order valence-corrected chi connectivity index (χ4v) is 1.42. The van der Waals surface area contributed by atoms with Gasteiger partial charge in [-0.2, -0.15) is 9.97 Å². The van der Waals surface area contributed by atoms with Gasteiger partial charge in [-0.3, -0.25) is 0 Å². The number of nitrogens with zero attached hydrogens (tertiary/aromatic N) is 2. The van der Waals surface area contributed by atoms with E-state index in [0.717, 1.165) is 0 Å². The second-order valence-corrected chi connectivity index (χ2v) is 3.54. The van der Waals surface area contributed by atoms with Gasteiger partial charge < -0.3 is 15.8 Å². The summed E-state index contributed by atoms with van der Waals surface area (Å²) < 4.78 is 18.4. The summed E-state index contributed by atoms with van der Waals surface area (Å²) in [6.45, 7) is 2.64. The fourth-order valence-electron chi connectivity index (χ4n) is 1.42. The van der Waals surface area contributed by atoms with E-state index in [4.69, 9.17) is 10.5 Å². The van der Waals surface area contributed by atoms with E-state index < -0.39 is 0 Å². The molecule has 0 unspecified atom stereocenters. The average Bonchev–Trinajstić information content (AvgIpc) is 2.28. The third-order valence-corrected chi connectivity index (χ3v) is 2.10. The molecule has 5 nitrogen and oxygen atoms in total. The zero-order valence-corrected chi connectivity index (χ0v) is 9.85. The number of nitrogens with one attached hydrogen (secondary N) is 1. The van der Waals surface area contributed by atoms with Crippen LogP contribution in [0.1, 0.15) is 6.92 Å². The number of nitrogen functional groups attached to an aromatic ring is 1. The van der Waals surface area contributed by atoms with Crippen molar-refractivity contribution in [3.8, 4) is 11.6 Å². The van der Waals surface area contributed by atoms with Gasteiger partial charge in [0.05, 0.1) is 0 Å². The molecule has 1 aromatic heterocycles. The Morgan fingerprint density at radius 3 is 2.89 bits per heavy atom. The lowest BCUT2D eigenvalue weighted by atomic mass is 10.3. The summed E-state index contributed by atoms with van der Waals surface area (Å²) in [5.41, 5.74) is 5.56. The first-order valence-electron chi connectivity index (χ1n) is 5.49. The molecular weight excluding hydrogens is 235 g/mol. The number of rotatable bonds is 4. The largest absolute Gasteiger partial charge is 0.439 e. The standard InChI is InChI=1S/C12H13FN4O/c1-2-15-10-7-11(17-12(14)16-10)18-9-5-3-4-8(13)6-9/h3-7H,2H2,1H3,(H3,14,15,16,17). The SMILES string of the molecule is CCNc1cc(Oc2cccc(F)c2)nc(N)n1. The normalized spacial score (nSPS) is 10.1. The molecule has 2 aromatic rings. The second-order valence-electron chi connectivity index (χ2n) is 3.54. The average molecular weight is 248 g/mol. The highest BCUT2D eigenvalue weighted by molar-refractivity contribution is 5.43. The number of hydrogen-bond acceptors (Lipinski definition) is 5. The first-order chi connectivity index (χ1) is 8.67. The van der Waals surface area contributed by atoms with Crippen LogP contribution in [0.3, 0.4) is 0 Å². The summed E-state index contributed by atoms with van der Waals surface area (Å²) in [6, 6.07) is 7.40. The zero-order valence-electron chi connectivity index (χ0n) is 9.85. The maximum atomic E-state index is 13.0. The van der Waals surface area contributed by atoms with Crippen molar-refractivity contribution in [1.82, 2.24) is 9.97 Å². The Bertz CT molecular complexity index is 547. The number of ether oxygens (including phenoxy) is 1. The van der Waals surface area contributed by atoms with Gasteiger partial charge >= 0.3 is 0 Å². The molecule has 0 aliphatic rings. The zero-order chi connectivity index (χ0) is 13.0. The molecule has 0 fully saturated rings. The van der Waals surface area contributed by atoms with Crippen LogP contribution in [-0.2, 0) is 0 Å². The summed E-state index contributed by atoms with van der Waals surface area (Å²) in [4.78, 5) is 7.91. The van der Waals surface area contributed by atoms with Crippen molar-refractivity contribution in [1.29, 1.82) is 0 Å². The van der Waals surface area contributed by atoms with Crippen LogP contribution in [0.15, 0.2) is 30.3 Å². The number of benzene rings is 1. The molecule has 0 spiro atoms. The van der Waals surface area contributed by atoms with Crippen molar-refractivity contribution in [2.45, 2.75) is 6.92 Å². The third-order valence-electron chi connectivity index (χ3n) is 2.10. The molecule has 1 aromatic carbocycles. The van der Waals surface area contributed by atoms with Gasteiger partial charge in [-0.1, -0.05) is 6.07 Å². The summed E-state index contributed by atoms with van der Waals surface area (Å²) in [5, 5.41) is 3.00. The molecule has 0 radical (unpaired) electrons. The summed E-state index contributed by atoms with van der Waals surface area (Å²) in [5.74, 6) is 0.914. The van der Waals surface area contributed by atoms with Crippen molar-refractivity contribution >= 4 is 11.8 Å². The van der Waals surface area contributed by atoms with Crippen molar-refractivity contribution < 1.29 is 9.13 Å². The maximum absolute atomic E-state index is 13.0. The summed E-state index contributed by atoms with van der Waals surface area (Å²) in [6.07, 6.45) is 0. The Morgan fingerprint density at radius 1 is 1.33 bits per heavy atom. The first-order valence-corrected chi connectivity index (χ1v) is 5.49. The molecule has 2 rings (SSSR count). The molecule has 94 valence electrons. The van der Waals surface area contributed by atoms with E-state index >= 15 is 0 Å². The molecule has 0 aliphatic carbocycles. The first kappa shape index (κ1) is 12.1. The maximum Gasteiger partial charge on any atom is 0.226 e. The molecule has 0 amide bonds. The minimum absolute atomic E-state index is 0.0971. The van der Waals surface area contributed by atoms with Crippen LogP contribution in [-0.4, -0.2) is 16.5 Å². The highest BCUT2D eigenvalue weighted by Crippen LogP contribution is 2.22. The van der Waals surface area contributed by atoms with Gasteiger partial charge in [-0.05, 0) is 19.1 Å². The van der Waals surface area contributed by atoms with Gasteiger partial charge in [0, 0.05) is 18.7 Å². The summed E-state index contributed by atoms with van der Waals surface area (Å²) in [7, 11) is 0. The van der Waals surface area contributed by atoms with Crippen LogP contribution in [0.25, 0.3) is 0 Å². The highest BCUT2D eigenvalue weighted by Gasteiger charge is 2.04. The number of halogens is 1. The number of aromatic nitrogens is 2. The fraction of sp³-hybridized carbons (Fsp3) is 0.167. The van der Waals surface area contributed by atoms with E-state index in [0.29, 0.717) is 18.1 Å². The van der Waals surface area contributed by atoms with E-state index in [1.807, 2.05) is 6.92 Å². The van der Waals surface area contributed by atoms with Gasteiger partial charge in [0.15, 0.2) is 0 Å². The lowest BCUT2D eigenvalue weighted by molar-refractivity contribution is 0.458. The summed E-state index contributed by atoms with van der Waals surface area (Å²) >= 11 is 0. The van der Waals surface area contributed by atoms with Gasteiger partial charge in [0.1, 0.15) is 17.4 Å². The van der Waals surface area contributed by atoms with Gasteiger partial charge in [-0.15, -0.1) is 0 Å². The molecule has 0 bridgehead atoms. The van der Waals surface area contributed by atoms with Crippen molar-refractivity contribution in [3.05, 3.63) is 36.1 Å². The lowest BCUT2D eigenvalue weighted by Crippen LogP contribution is -2.04. The Labute approximate surface area is 104 Å². The van der Waals surface area contributed by atoms with E-state index in [1.165, 1.54) is 12.1 Å². The molecule has 18 heavy (non-hydrogen) atoms. The van der Waals surface area contributed by atoms with Crippen LogP contribution in [0.4, 0.5) is 16.2 Å².